The Morgan fingerprint density at radius 1 is 1.38 bits per heavy atom. The lowest BCUT2D eigenvalue weighted by molar-refractivity contribution is 0.111. The van der Waals surface area contributed by atoms with E-state index in [1.165, 1.54) is 0 Å². The van der Waals surface area contributed by atoms with Crippen molar-refractivity contribution >= 4 is 6.29 Å². The number of methoxy groups -OCH3 is 1. The largest absolute Gasteiger partial charge is 0.497 e. The molecule has 0 saturated heterocycles. The van der Waals surface area contributed by atoms with Crippen molar-refractivity contribution in [2.75, 3.05) is 7.11 Å². The molecule has 1 aromatic carbocycles. The molecule has 4 heteroatoms. The van der Waals surface area contributed by atoms with Crippen LogP contribution in [0.3, 0.4) is 0 Å². The van der Waals surface area contributed by atoms with E-state index in [1.54, 1.807) is 24.1 Å². The number of imidazole rings is 1. The SMILES string of the molecule is COc1ccc(Cn2ccnc2C=O)cc1. The lowest BCUT2D eigenvalue weighted by Crippen LogP contribution is -2.03. The number of carbonyl (C=O) groups is 1. The predicted molar refractivity (Wildman–Crippen MR) is 59.7 cm³/mol. The Hall–Kier alpha value is -2.10. The van der Waals surface area contributed by atoms with Crippen molar-refractivity contribution in [2.45, 2.75) is 6.54 Å². The lowest BCUT2D eigenvalue weighted by Gasteiger charge is -2.05. The van der Waals surface area contributed by atoms with Gasteiger partial charge in [0.25, 0.3) is 0 Å². The van der Waals surface area contributed by atoms with Gasteiger partial charge in [0.2, 0.25) is 0 Å². The molecule has 2 rings (SSSR count). The van der Waals surface area contributed by atoms with Crippen LogP contribution in [0.1, 0.15) is 16.2 Å². The number of nitrogens with zero attached hydrogens (tertiary/aromatic N) is 2. The molecule has 0 aliphatic carbocycles. The van der Waals surface area contributed by atoms with Gasteiger partial charge in [0, 0.05) is 18.9 Å². The molecule has 0 fully saturated rings. The van der Waals surface area contributed by atoms with Crippen LogP contribution in [0.5, 0.6) is 5.75 Å². The molecule has 2 aromatic rings. The van der Waals surface area contributed by atoms with Crippen LogP contribution in [0.4, 0.5) is 0 Å². The smallest absolute Gasteiger partial charge is 0.185 e. The van der Waals surface area contributed by atoms with Crippen LogP contribution in [-0.2, 0) is 6.54 Å². The van der Waals surface area contributed by atoms with Gasteiger partial charge in [-0.3, -0.25) is 4.79 Å². The van der Waals surface area contributed by atoms with Crippen LogP contribution in [0.2, 0.25) is 0 Å². The highest BCUT2D eigenvalue weighted by molar-refractivity contribution is 5.69. The van der Waals surface area contributed by atoms with Crippen molar-refractivity contribution in [1.82, 2.24) is 9.55 Å². The number of carbonyl (C=O) groups excluding carboxylic acids is 1. The van der Waals surface area contributed by atoms with Gasteiger partial charge in [-0.05, 0) is 17.7 Å². The van der Waals surface area contributed by atoms with Crippen molar-refractivity contribution in [1.29, 1.82) is 0 Å². The summed E-state index contributed by atoms with van der Waals surface area (Å²) >= 11 is 0. The molecule has 0 saturated carbocycles. The molecule has 0 bridgehead atoms. The minimum Gasteiger partial charge on any atom is -0.497 e. The normalized spacial score (nSPS) is 10.1. The second-order valence-corrected chi connectivity index (χ2v) is 3.38. The Balaban J connectivity index is 2.17. The summed E-state index contributed by atoms with van der Waals surface area (Å²) in [7, 11) is 1.63. The van der Waals surface area contributed by atoms with Crippen LogP contribution in [-0.4, -0.2) is 22.9 Å². The third-order valence-corrected chi connectivity index (χ3v) is 2.37. The van der Waals surface area contributed by atoms with E-state index < -0.39 is 0 Å². The zero-order valence-electron chi connectivity index (χ0n) is 8.96. The molecule has 1 heterocycles. The fraction of sp³-hybridized carbons (Fsp3) is 0.167. The van der Waals surface area contributed by atoms with Gasteiger partial charge in [-0.15, -0.1) is 0 Å². The molecule has 0 spiro atoms. The van der Waals surface area contributed by atoms with E-state index in [0.29, 0.717) is 12.4 Å². The molecule has 4 nitrogen and oxygen atoms in total. The summed E-state index contributed by atoms with van der Waals surface area (Å²) in [6.45, 7) is 0.637. The molecule has 0 atom stereocenters. The van der Waals surface area contributed by atoms with Gasteiger partial charge in [0.15, 0.2) is 12.1 Å². The number of hydrogen-bond donors (Lipinski definition) is 0. The second-order valence-electron chi connectivity index (χ2n) is 3.38. The van der Waals surface area contributed by atoms with Crippen LogP contribution in [0.15, 0.2) is 36.7 Å². The lowest BCUT2D eigenvalue weighted by atomic mass is 10.2. The van der Waals surface area contributed by atoms with Gasteiger partial charge in [-0.1, -0.05) is 12.1 Å². The number of rotatable bonds is 4. The van der Waals surface area contributed by atoms with Gasteiger partial charge >= 0.3 is 0 Å². The third kappa shape index (κ3) is 2.11. The van der Waals surface area contributed by atoms with Crippen molar-refractivity contribution in [3.8, 4) is 5.75 Å². The molecule has 0 radical (unpaired) electrons. The minimum atomic E-state index is 0.441. The minimum absolute atomic E-state index is 0.441. The van der Waals surface area contributed by atoms with Crippen molar-refractivity contribution < 1.29 is 9.53 Å². The van der Waals surface area contributed by atoms with E-state index in [4.69, 9.17) is 4.74 Å². The zero-order valence-corrected chi connectivity index (χ0v) is 8.96. The van der Waals surface area contributed by atoms with Crippen molar-refractivity contribution in [3.05, 3.63) is 48.0 Å². The maximum atomic E-state index is 10.7. The van der Waals surface area contributed by atoms with Gasteiger partial charge in [-0.2, -0.15) is 0 Å². The molecule has 0 amide bonds. The van der Waals surface area contributed by atoms with Gasteiger partial charge in [0.1, 0.15) is 5.75 Å². The fourth-order valence-corrected chi connectivity index (χ4v) is 1.50. The van der Waals surface area contributed by atoms with Crippen LogP contribution >= 0.6 is 0 Å². The summed E-state index contributed by atoms with van der Waals surface area (Å²) in [4.78, 5) is 14.6. The monoisotopic (exact) mass is 216 g/mol. The first kappa shape index (κ1) is 10.4. The standard InChI is InChI=1S/C12H12N2O2/c1-16-11-4-2-10(3-5-11)8-14-7-6-13-12(14)9-15/h2-7,9H,8H2,1H3. The zero-order chi connectivity index (χ0) is 11.4. The van der Waals surface area contributed by atoms with Crippen LogP contribution < -0.4 is 4.74 Å². The third-order valence-electron chi connectivity index (χ3n) is 2.37. The van der Waals surface area contributed by atoms with Gasteiger partial charge in [0.05, 0.1) is 7.11 Å². The molecule has 1 aromatic heterocycles. The summed E-state index contributed by atoms with van der Waals surface area (Å²) in [5.74, 6) is 1.26. The molecule has 16 heavy (non-hydrogen) atoms. The maximum Gasteiger partial charge on any atom is 0.185 e. The Bertz CT molecular complexity index is 474. The molecule has 0 unspecified atom stereocenters. The summed E-state index contributed by atoms with van der Waals surface area (Å²) in [6.07, 6.45) is 4.16. The quantitative estimate of drug-likeness (QED) is 0.731. The van der Waals surface area contributed by atoms with Crippen molar-refractivity contribution in [2.24, 2.45) is 0 Å². The number of aromatic nitrogens is 2. The summed E-state index contributed by atoms with van der Waals surface area (Å²) < 4.78 is 6.87. The Morgan fingerprint density at radius 3 is 2.75 bits per heavy atom. The topological polar surface area (TPSA) is 44.1 Å². The second kappa shape index (κ2) is 4.61. The van der Waals surface area contributed by atoms with Gasteiger partial charge < -0.3 is 9.30 Å². The number of aldehydes is 1. The predicted octanol–water partition coefficient (Wildman–Crippen LogP) is 1.75. The highest BCUT2D eigenvalue weighted by atomic mass is 16.5. The van der Waals surface area contributed by atoms with E-state index in [9.17, 15) is 4.79 Å². The van der Waals surface area contributed by atoms with Gasteiger partial charge in [-0.25, -0.2) is 4.98 Å². The average Bonchev–Trinajstić information content (AvgIpc) is 2.77. The number of hydrogen-bond acceptors (Lipinski definition) is 3. The molecular formula is C12H12N2O2. The van der Waals surface area contributed by atoms with E-state index in [1.807, 2.05) is 24.3 Å². The average molecular weight is 216 g/mol. The van der Waals surface area contributed by atoms with Crippen LogP contribution in [0, 0.1) is 0 Å². The highest BCUT2D eigenvalue weighted by Gasteiger charge is 2.01. The summed E-state index contributed by atoms with van der Waals surface area (Å²) in [5, 5.41) is 0. The van der Waals surface area contributed by atoms with Crippen molar-refractivity contribution in [3.63, 3.8) is 0 Å². The maximum absolute atomic E-state index is 10.7. The Kier molecular flexibility index (Phi) is 3.00. The van der Waals surface area contributed by atoms with E-state index in [2.05, 4.69) is 4.98 Å². The Morgan fingerprint density at radius 2 is 2.12 bits per heavy atom. The molecule has 82 valence electrons. The Labute approximate surface area is 93.5 Å². The fourth-order valence-electron chi connectivity index (χ4n) is 1.50. The molecule has 0 aliphatic heterocycles. The molecule has 0 N–H and O–H groups in total. The first-order valence-electron chi connectivity index (χ1n) is 4.92. The highest BCUT2D eigenvalue weighted by Crippen LogP contribution is 2.12. The van der Waals surface area contributed by atoms with E-state index >= 15 is 0 Å². The number of ether oxygens (including phenoxy) is 1. The van der Waals surface area contributed by atoms with E-state index in [0.717, 1.165) is 17.6 Å². The first-order valence-corrected chi connectivity index (χ1v) is 4.92. The summed E-state index contributed by atoms with van der Waals surface area (Å²) in [5.41, 5.74) is 1.10. The van der Waals surface area contributed by atoms with E-state index in [-0.39, 0.29) is 0 Å². The summed E-state index contributed by atoms with van der Waals surface area (Å²) in [6, 6.07) is 7.72. The van der Waals surface area contributed by atoms with Crippen LogP contribution in [0.25, 0.3) is 0 Å². The number of benzene rings is 1. The molecular weight excluding hydrogens is 204 g/mol. The first-order chi connectivity index (χ1) is 7.83. The molecule has 0 aliphatic rings.